The second kappa shape index (κ2) is 18.8. The fraction of sp³-hybridized carbons (Fsp3) is 0.462. The molecule has 54 heavy (non-hydrogen) atoms. The molecule has 0 aliphatic heterocycles. The van der Waals surface area contributed by atoms with Crippen LogP contribution in [0.2, 0.25) is 0 Å². The van der Waals surface area contributed by atoms with Crippen molar-refractivity contribution in [1.82, 2.24) is 26.3 Å². The number of sulfone groups is 1. The van der Waals surface area contributed by atoms with Gasteiger partial charge in [0.25, 0.3) is 5.91 Å². The quantitative estimate of drug-likeness (QED) is 0.144. The predicted molar refractivity (Wildman–Crippen MR) is 205 cm³/mol. The number of nitrogens with zero attached hydrogens (tertiary/aromatic N) is 1. The van der Waals surface area contributed by atoms with Crippen LogP contribution >= 0.6 is 0 Å². The molecule has 15 heteroatoms. The second-order valence-corrected chi connectivity index (χ2v) is 17.4. The normalized spacial score (nSPS) is 14.7. The first-order valence-corrected chi connectivity index (χ1v) is 19.4. The van der Waals surface area contributed by atoms with Gasteiger partial charge in [-0.05, 0) is 61.8 Å². The molecule has 4 amide bonds. The Hall–Kier alpha value is -5.02. The van der Waals surface area contributed by atoms with Gasteiger partial charge < -0.3 is 35.8 Å². The molecule has 1 aromatic heterocycles. The van der Waals surface area contributed by atoms with Gasteiger partial charge in [-0.1, -0.05) is 81.4 Å². The number of methoxy groups -OCH3 is 1. The lowest BCUT2D eigenvalue weighted by molar-refractivity contribution is -0.132. The molecular formula is C39H53N5O9S. The number of rotatable bonds is 16. The average Bonchev–Trinajstić information content (AvgIpc) is 3.12. The van der Waals surface area contributed by atoms with Gasteiger partial charge in [0.1, 0.15) is 10.8 Å². The summed E-state index contributed by atoms with van der Waals surface area (Å²) in [6.45, 7) is 7.89. The van der Waals surface area contributed by atoms with E-state index in [2.05, 4.69) is 26.3 Å². The number of hydrogen-bond donors (Lipinski definition) is 5. The highest BCUT2D eigenvalue weighted by Crippen LogP contribution is 2.25. The number of ether oxygens (including phenoxy) is 2. The summed E-state index contributed by atoms with van der Waals surface area (Å²) in [6, 6.07) is 19.4. The summed E-state index contributed by atoms with van der Waals surface area (Å²) in [5, 5.41) is 22.5. The molecule has 5 unspecified atom stereocenters. The molecule has 0 aliphatic rings. The van der Waals surface area contributed by atoms with Crippen LogP contribution in [0.3, 0.4) is 0 Å². The zero-order valence-corrected chi connectivity index (χ0v) is 32.9. The second-order valence-electron chi connectivity index (χ2n) is 14.8. The Labute approximate surface area is 317 Å². The third kappa shape index (κ3) is 12.3. The lowest BCUT2D eigenvalue weighted by atomic mass is 9.85. The zero-order valence-electron chi connectivity index (χ0n) is 32.1. The number of amides is 4. The van der Waals surface area contributed by atoms with Crippen molar-refractivity contribution in [2.75, 3.05) is 20.4 Å². The van der Waals surface area contributed by atoms with Gasteiger partial charge in [-0.25, -0.2) is 18.0 Å². The number of aliphatic hydroxyl groups is 1. The minimum absolute atomic E-state index is 0.117. The lowest BCUT2D eigenvalue weighted by Crippen LogP contribution is -2.59. The number of aliphatic hydroxyl groups excluding tert-OH is 1. The van der Waals surface area contributed by atoms with E-state index in [-0.39, 0.29) is 19.3 Å². The van der Waals surface area contributed by atoms with Gasteiger partial charge in [-0.2, -0.15) is 0 Å². The summed E-state index contributed by atoms with van der Waals surface area (Å²) in [5.74, 6) is -1.46. The average molecular weight is 768 g/mol. The van der Waals surface area contributed by atoms with Gasteiger partial charge in [0.15, 0.2) is 9.84 Å². The predicted octanol–water partition coefficient (Wildman–Crippen LogP) is 3.57. The van der Waals surface area contributed by atoms with Crippen LogP contribution in [-0.2, 0) is 41.7 Å². The molecule has 5 N–H and O–H groups in total. The van der Waals surface area contributed by atoms with Crippen molar-refractivity contribution in [3.63, 3.8) is 0 Å². The van der Waals surface area contributed by atoms with E-state index in [1.165, 1.54) is 28.0 Å². The van der Waals surface area contributed by atoms with E-state index in [4.69, 9.17) is 9.47 Å². The molecule has 3 rings (SSSR count). The van der Waals surface area contributed by atoms with Gasteiger partial charge in [0, 0.05) is 31.1 Å². The number of aromatic nitrogens is 1. The summed E-state index contributed by atoms with van der Waals surface area (Å²) in [6.07, 6.45) is -1.98. The maximum absolute atomic E-state index is 13.9. The van der Waals surface area contributed by atoms with E-state index >= 15 is 0 Å². The monoisotopic (exact) mass is 767 g/mol. The number of pyridine rings is 1. The number of nitrogens with one attached hydrogen (secondary N) is 4. The third-order valence-corrected chi connectivity index (χ3v) is 11.3. The van der Waals surface area contributed by atoms with Crippen LogP contribution in [0.4, 0.5) is 9.59 Å². The van der Waals surface area contributed by atoms with Gasteiger partial charge >= 0.3 is 12.2 Å². The summed E-state index contributed by atoms with van der Waals surface area (Å²) in [4.78, 5) is 56.7. The van der Waals surface area contributed by atoms with E-state index in [1.807, 2.05) is 72.8 Å². The van der Waals surface area contributed by atoms with Crippen LogP contribution in [0.1, 0.15) is 52.2 Å². The van der Waals surface area contributed by atoms with Crippen LogP contribution < -0.4 is 21.3 Å². The first-order valence-electron chi connectivity index (χ1n) is 17.5. The van der Waals surface area contributed by atoms with Crippen molar-refractivity contribution in [3.8, 4) is 11.3 Å². The molecule has 0 saturated heterocycles. The third-order valence-electron chi connectivity index (χ3n) is 9.19. The SMILES string of the molecule is CNC(=O)OC(C(=O)NC(Cc1ccccc1)CC(O)C(Cc1ccc(-c2ccccn2)cc1)NC(=O)C(NC(=O)OC)C(C)(C)C)C(C)(C)S(C)(=O)=O. The molecule has 0 spiro atoms. The molecule has 0 fully saturated rings. The maximum Gasteiger partial charge on any atom is 0.407 e. The van der Waals surface area contributed by atoms with Crippen molar-refractivity contribution in [2.24, 2.45) is 5.41 Å². The van der Waals surface area contributed by atoms with Crippen LogP contribution in [0.25, 0.3) is 11.3 Å². The molecule has 2 aromatic carbocycles. The van der Waals surface area contributed by atoms with Gasteiger partial charge in [-0.3, -0.25) is 14.6 Å². The van der Waals surface area contributed by atoms with Gasteiger partial charge in [-0.15, -0.1) is 0 Å². The van der Waals surface area contributed by atoms with Crippen molar-refractivity contribution >= 4 is 33.8 Å². The Morgan fingerprint density at radius 1 is 0.796 bits per heavy atom. The fourth-order valence-electron chi connectivity index (χ4n) is 5.70. The van der Waals surface area contributed by atoms with Crippen molar-refractivity contribution in [3.05, 3.63) is 90.1 Å². The summed E-state index contributed by atoms with van der Waals surface area (Å²) >= 11 is 0. The summed E-state index contributed by atoms with van der Waals surface area (Å²) in [7, 11) is -1.46. The van der Waals surface area contributed by atoms with Crippen molar-refractivity contribution in [2.45, 2.75) is 89.0 Å². The minimum Gasteiger partial charge on any atom is -0.453 e. The van der Waals surface area contributed by atoms with Crippen molar-refractivity contribution < 1.29 is 42.2 Å². The zero-order chi connectivity index (χ0) is 40.3. The molecule has 5 atom stereocenters. The summed E-state index contributed by atoms with van der Waals surface area (Å²) in [5.41, 5.74) is 2.44. The molecule has 0 bridgehead atoms. The highest BCUT2D eigenvalue weighted by atomic mass is 32.2. The number of carbonyl (C=O) groups is 4. The van der Waals surface area contributed by atoms with Crippen molar-refractivity contribution in [1.29, 1.82) is 0 Å². The summed E-state index contributed by atoms with van der Waals surface area (Å²) < 4.78 is 33.8. The van der Waals surface area contributed by atoms with Gasteiger partial charge in [0.05, 0.1) is 24.9 Å². The Kier molecular flexibility index (Phi) is 15.1. The first kappa shape index (κ1) is 43.4. The number of hydrogen-bond acceptors (Lipinski definition) is 10. The Bertz CT molecular complexity index is 1820. The Morgan fingerprint density at radius 2 is 1.41 bits per heavy atom. The Balaban J connectivity index is 2.01. The molecular weight excluding hydrogens is 715 g/mol. The molecule has 0 saturated carbocycles. The Morgan fingerprint density at radius 3 is 1.94 bits per heavy atom. The number of benzene rings is 2. The molecule has 294 valence electrons. The minimum atomic E-state index is -3.94. The van der Waals surface area contributed by atoms with Crippen LogP contribution in [-0.4, -0.2) is 98.0 Å². The molecule has 0 radical (unpaired) electrons. The van der Waals surface area contributed by atoms with Gasteiger partial charge in [0.2, 0.25) is 12.0 Å². The standard InChI is InChI=1S/C39H53N5O9S/c1-38(2,3)32(44-37(49)52-7)34(46)43-30(23-26-17-19-27(20-18-26)29-16-12-13-21-41-29)31(45)24-28(22-25-14-10-9-11-15-25)42-35(47)33(53-36(48)40-6)39(4,5)54(8,50)51/h9-21,28,30-33,45H,22-24H2,1-8H3,(H,40,48)(H,42,47)(H,43,46)(H,44,49). The van der Waals surface area contributed by atoms with E-state index in [0.29, 0.717) is 0 Å². The van der Waals surface area contributed by atoms with E-state index < -0.39 is 74.3 Å². The van der Waals surface area contributed by atoms with Crippen LogP contribution in [0.5, 0.6) is 0 Å². The maximum atomic E-state index is 13.9. The number of alkyl carbamates (subject to hydrolysis) is 2. The highest BCUT2D eigenvalue weighted by Gasteiger charge is 2.47. The first-order chi connectivity index (χ1) is 25.3. The van der Waals surface area contributed by atoms with E-state index in [0.717, 1.165) is 28.6 Å². The molecule has 14 nitrogen and oxygen atoms in total. The highest BCUT2D eigenvalue weighted by molar-refractivity contribution is 7.92. The van der Waals surface area contributed by atoms with Crippen LogP contribution in [0.15, 0.2) is 79.0 Å². The smallest absolute Gasteiger partial charge is 0.407 e. The van der Waals surface area contributed by atoms with E-state index in [1.54, 1.807) is 27.0 Å². The van der Waals surface area contributed by atoms with Crippen LogP contribution in [0, 0.1) is 5.41 Å². The topological polar surface area (TPSA) is 202 Å². The number of carbonyl (C=O) groups excluding carboxylic acids is 4. The fourth-order valence-corrected chi connectivity index (χ4v) is 6.24. The lowest BCUT2D eigenvalue weighted by Gasteiger charge is -2.35. The molecule has 1 heterocycles. The molecule has 3 aromatic rings. The van der Waals surface area contributed by atoms with E-state index in [9.17, 15) is 32.7 Å². The largest absolute Gasteiger partial charge is 0.453 e. The molecule has 0 aliphatic carbocycles.